The Bertz CT molecular complexity index is 801. The molecule has 2 heterocycles. The first-order valence-electron chi connectivity index (χ1n) is 8.61. The van der Waals surface area contributed by atoms with Crippen LogP contribution in [0.4, 0.5) is 4.39 Å². The Morgan fingerprint density at radius 2 is 1.77 bits per heavy atom. The van der Waals surface area contributed by atoms with Crippen molar-refractivity contribution >= 4 is 21.4 Å². The van der Waals surface area contributed by atoms with E-state index in [0.29, 0.717) is 0 Å². The van der Waals surface area contributed by atoms with Gasteiger partial charge in [-0.15, -0.1) is 11.3 Å². The fourth-order valence-electron chi connectivity index (χ4n) is 3.29. The molecule has 0 amide bonds. The summed E-state index contributed by atoms with van der Waals surface area (Å²) < 4.78 is 41.3. The van der Waals surface area contributed by atoms with Gasteiger partial charge in [0.05, 0.1) is 10.9 Å². The lowest BCUT2D eigenvalue weighted by molar-refractivity contribution is 0.0994. The van der Waals surface area contributed by atoms with Crippen LogP contribution in [0.2, 0.25) is 0 Å². The fourth-order valence-corrected chi connectivity index (χ4v) is 5.51. The zero-order chi connectivity index (χ0) is 18.7. The van der Waals surface area contributed by atoms with Crippen LogP contribution in [-0.2, 0) is 10.0 Å². The first kappa shape index (κ1) is 19.4. The third kappa shape index (κ3) is 4.50. The maximum absolute atomic E-state index is 13.1. The van der Waals surface area contributed by atoms with Gasteiger partial charge in [0, 0.05) is 37.1 Å². The zero-order valence-electron chi connectivity index (χ0n) is 14.9. The molecule has 3 rings (SSSR count). The van der Waals surface area contributed by atoms with E-state index in [1.54, 1.807) is 11.3 Å². The Balaban J connectivity index is 1.81. The Hall–Kier alpha value is -1.32. The Morgan fingerprint density at radius 1 is 1.12 bits per heavy atom. The van der Waals surface area contributed by atoms with Gasteiger partial charge in [0.1, 0.15) is 5.82 Å². The molecule has 1 N–H and O–H groups in total. The lowest BCUT2D eigenvalue weighted by Gasteiger charge is -2.40. The second-order valence-electron chi connectivity index (χ2n) is 6.66. The number of nitrogens with zero attached hydrogens (tertiary/aromatic N) is 2. The van der Waals surface area contributed by atoms with Crippen LogP contribution in [0.5, 0.6) is 0 Å². The maximum atomic E-state index is 13.1. The number of halogens is 1. The highest BCUT2D eigenvalue weighted by molar-refractivity contribution is 7.89. The SMILES string of the molecule is C[C@H](NS(=O)(=O)c1ccc(F)cc1)[C@@H](c1cccs1)N1CCN(C)CC1. The summed E-state index contributed by atoms with van der Waals surface area (Å²) in [4.78, 5) is 5.83. The first-order valence-corrected chi connectivity index (χ1v) is 11.0. The van der Waals surface area contributed by atoms with E-state index in [1.165, 1.54) is 12.1 Å². The molecule has 0 saturated carbocycles. The van der Waals surface area contributed by atoms with Crippen molar-refractivity contribution in [2.75, 3.05) is 33.2 Å². The van der Waals surface area contributed by atoms with E-state index in [0.717, 1.165) is 43.2 Å². The number of likely N-dealkylation sites (N-methyl/N-ethyl adjacent to an activating group) is 1. The van der Waals surface area contributed by atoms with Gasteiger partial charge in [0.25, 0.3) is 0 Å². The van der Waals surface area contributed by atoms with Crippen molar-refractivity contribution in [3.63, 3.8) is 0 Å². The number of rotatable bonds is 6. The Kier molecular flexibility index (Phi) is 6.09. The van der Waals surface area contributed by atoms with Gasteiger partial charge < -0.3 is 4.90 Å². The van der Waals surface area contributed by atoms with Crippen LogP contribution < -0.4 is 4.72 Å². The summed E-state index contributed by atoms with van der Waals surface area (Å²) in [5, 5.41) is 2.01. The molecule has 0 unspecified atom stereocenters. The third-order valence-corrected chi connectivity index (χ3v) is 7.22. The summed E-state index contributed by atoms with van der Waals surface area (Å²) in [6.45, 7) is 5.59. The van der Waals surface area contributed by atoms with Crippen molar-refractivity contribution in [3.8, 4) is 0 Å². The van der Waals surface area contributed by atoms with E-state index < -0.39 is 15.8 Å². The number of hydrogen-bond donors (Lipinski definition) is 1. The molecule has 2 atom stereocenters. The summed E-state index contributed by atoms with van der Waals surface area (Å²) in [6.07, 6.45) is 0. The third-order valence-electron chi connectivity index (χ3n) is 4.70. The molecule has 1 aliphatic rings. The van der Waals surface area contributed by atoms with Crippen LogP contribution in [-0.4, -0.2) is 57.5 Å². The minimum atomic E-state index is -3.71. The molecule has 5 nitrogen and oxygen atoms in total. The largest absolute Gasteiger partial charge is 0.304 e. The van der Waals surface area contributed by atoms with Gasteiger partial charge in [0.15, 0.2) is 0 Å². The number of piperazine rings is 1. The Labute approximate surface area is 158 Å². The number of sulfonamides is 1. The van der Waals surface area contributed by atoms with Gasteiger partial charge in [-0.1, -0.05) is 6.07 Å². The summed E-state index contributed by atoms with van der Waals surface area (Å²) in [5.41, 5.74) is 0. The standard InChI is InChI=1S/C18H24FN3O2S2/c1-14(20-26(23,24)16-7-5-15(19)6-8-16)18(17-4-3-13-25-17)22-11-9-21(2)10-12-22/h3-8,13-14,18,20H,9-12H2,1-2H3/t14-,18-/m0/s1. The lowest BCUT2D eigenvalue weighted by atomic mass is 10.1. The molecular weight excluding hydrogens is 373 g/mol. The van der Waals surface area contributed by atoms with Crippen LogP contribution in [0.3, 0.4) is 0 Å². The van der Waals surface area contributed by atoms with Crippen molar-refractivity contribution in [1.82, 2.24) is 14.5 Å². The summed E-state index contributed by atoms with van der Waals surface area (Å²) in [5.74, 6) is -0.453. The first-order chi connectivity index (χ1) is 12.4. The maximum Gasteiger partial charge on any atom is 0.240 e. The van der Waals surface area contributed by atoms with E-state index in [4.69, 9.17) is 0 Å². The van der Waals surface area contributed by atoms with Crippen LogP contribution >= 0.6 is 11.3 Å². The van der Waals surface area contributed by atoms with Crippen molar-refractivity contribution in [3.05, 3.63) is 52.5 Å². The van der Waals surface area contributed by atoms with E-state index in [2.05, 4.69) is 27.6 Å². The topological polar surface area (TPSA) is 52.7 Å². The van der Waals surface area contributed by atoms with Gasteiger partial charge in [-0.25, -0.2) is 17.5 Å². The molecule has 1 saturated heterocycles. The average molecular weight is 398 g/mol. The van der Waals surface area contributed by atoms with Crippen LogP contribution in [0.15, 0.2) is 46.7 Å². The Morgan fingerprint density at radius 3 is 2.35 bits per heavy atom. The van der Waals surface area contributed by atoms with Crippen molar-refractivity contribution < 1.29 is 12.8 Å². The van der Waals surface area contributed by atoms with Crippen LogP contribution in [0, 0.1) is 5.82 Å². The number of benzene rings is 1. The summed E-state index contributed by atoms with van der Waals surface area (Å²) >= 11 is 1.64. The summed E-state index contributed by atoms with van der Waals surface area (Å²) in [6, 6.07) is 8.61. The molecule has 0 aliphatic carbocycles. The molecule has 1 aromatic heterocycles. The van der Waals surface area contributed by atoms with Gasteiger partial charge in [-0.2, -0.15) is 0 Å². The smallest absolute Gasteiger partial charge is 0.240 e. The van der Waals surface area contributed by atoms with E-state index in [9.17, 15) is 12.8 Å². The van der Waals surface area contributed by atoms with Gasteiger partial charge in [-0.3, -0.25) is 4.90 Å². The van der Waals surface area contributed by atoms with E-state index in [-0.39, 0.29) is 17.0 Å². The highest BCUT2D eigenvalue weighted by Crippen LogP contribution is 2.30. The highest BCUT2D eigenvalue weighted by atomic mass is 32.2. The van der Waals surface area contributed by atoms with Crippen LogP contribution in [0.1, 0.15) is 17.8 Å². The summed E-state index contributed by atoms with van der Waals surface area (Å²) in [7, 11) is -1.62. The molecule has 0 spiro atoms. The molecule has 2 aromatic rings. The molecule has 0 radical (unpaired) electrons. The predicted octanol–water partition coefficient (Wildman–Crippen LogP) is 2.54. The molecule has 1 aliphatic heterocycles. The lowest BCUT2D eigenvalue weighted by Crippen LogP contribution is -2.51. The van der Waals surface area contributed by atoms with Crippen molar-refractivity contribution in [2.45, 2.75) is 23.9 Å². The van der Waals surface area contributed by atoms with Crippen molar-refractivity contribution in [1.29, 1.82) is 0 Å². The molecule has 26 heavy (non-hydrogen) atoms. The second-order valence-corrected chi connectivity index (χ2v) is 9.36. The number of thiophene rings is 1. The zero-order valence-corrected chi connectivity index (χ0v) is 16.6. The average Bonchev–Trinajstić information content (AvgIpc) is 3.11. The van der Waals surface area contributed by atoms with Gasteiger partial charge >= 0.3 is 0 Å². The molecular formula is C18H24FN3O2S2. The highest BCUT2D eigenvalue weighted by Gasteiger charge is 2.31. The quantitative estimate of drug-likeness (QED) is 0.814. The minimum absolute atomic E-state index is 0.0288. The number of nitrogens with one attached hydrogen (secondary N) is 1. The monoisotopic (exact) mass is 397 g/mol. The van der Waals surface area contributed by atoms with Gasteiger partial charge in [-0.05, 0) is 49.7 Å². The molecule has 1 aromatic carbocycles. The predicted molar refractivity (Wildman–Crippen MR) is 102 cm³/mol. The second kappa shape index (κ2) is 8.14. The van der Waals surface area contributed by atoms with Gasteiger partial charge in [0.2, 0.25) is 10.0 Å². The fraction of sp³-hybridized carbons (Fsp3) is 0.444. The minimum Gasteiger partial charge on any atom is -0.304 e. The normalized spacial score (nSPS) is 19.3. The molecule has 8 heteroatoms. The molecule has 1 fully saturated rings. The number of hydrogen-bond acceptors (Lipinski definition) is 5. The molecule has 142 valence electrons. The van der Waals surface area contributed by atoms with E-state index >= 15 is 0 Å². The molecule has 0 bridgehead atoms. The van der Waals surface area contributed by atoms with Crippen LogP contribution in [0.25, 0.3) is 0 Å². The van der Waals surface area contributed by atoms with E-state index in [1.807, 2.05) is 18.4 Å². The van der Waals surface area contributed by atoms with Crippen molar-refractivity contribution in [2.24, 2.45) is 0 Å².